The van der Waals surface area contributed by atoms with Crippen molar-refractivity contribution in [2.24, 2.45) is 0 Å². The van der Waals surface area contributed by atoms with Gasteiger partial charge in [0.2, 0.25) is 0 Å². The summed E-state index contributed by atoms with van der Waals surface area (Å²) in [6.07, 6.45) is 1.89. The fraction of sp³-hybridized carbons (Fsp3) is 0.600. The van der Waals surface area contributed by atoms with Gasteiger partial charge in [0, 0.05) is 6.61 Å². The zero-order chi connectivity index (χ0) is 12.7. The summed E-state index contributed by atoms with van der Waals surface area (Å²) in [5.41, 5.74) is 2.99. The van der Waals surface area contributed by atoms with Crippen LogP contribution < -0.4 is 5.32 Å². The van der Waals surface area contributed by atoms with Gasteiger partial charge in [-0.25, -0.2) is 0 Å². The number of hydrogen-bond acceptors (Lipinski definition) is 2. The summed E-state index contributed by atoms with van der Waals surface area (Å²) in [6, 6.07) is 8.88. The zero-order valence-electron chi connectivity index (χ0n) is 11.3. The van der Waals surface area contributed by atoms with Crippen LogP contribution in [-0.4, -0.2) is 24.8 Å². The van der Waals surface area contributed by atoms with Crippen LogP contribution in [0.25, 0.3) is 0 Å². The van der Waals surface area contributed by atoms with E-state index in [1.165, 1.54) is 11.1 Å². The van der Waals surface area contributed by atoms with Gasteiger partial charge in [0.1, 0.15) is 0 Å². The highest BCUT2D eigenvalue weighted by Gasteiger charge is 2.12. The van der Waals surface area contributed by atoms with Crippen molar-refractivity contribution in [1.29, 1.82) is 0 Å². The first-order chi connectivity index (χ1) is 8.04. The lowest BCUT2D eigenvalue weighted by molar-refractivity contribution is 0.286. The second-order valence-corrected chi connectivity index (χ2v) is 5.52. The van der Waals surface area contributed by atoms with Crippen molar-refractivity contribution < 1.29 is 5.11 Å². The van der Waals surface area contributed by atoms with Crippen molar-refractivity contribution in [3.8, 4) is 0 Å². The third-order valence-electron chi connectivity index (χ3n) is 2.92. The predicted molar refractivity (Wildman–Crippen MR) is 73.4 cm³/mol. The Hall–Kier alpha value is -0.860. The molecule has 0 bridgehead atoms. The van der Waals surface area contributed by atoms with Crippen LogP contribution in [0.4, 0.5) is 0 Å². The van der Waals surface area contributed by atoms with Gasteiger partial charge >= 0.3 is 0 Å². The Labute approximate surface area is 105 Å². The van der Waals surface area contributed by atoms with Crippen LogP contribution in [0.3, 0.4) is 0 Å². The molecule has 0 aliphatic heterocycles. The molecule has 0 saturated carbocycles. The normalized spacial score (nSPS) is 11.8. The predicted octanol–water partition coefficient (Wildman–Crippen LogP) is 2.50. The minimum absolute atomic E-state index is 0.234. The quantitative estimate of drug-likeness (QED) is 0.743. The van der Waals surface area contributed by atoms with Gasteiger partial charge in [-0.15, -0.1) is 0 Å². The highest BCUT2D eigenvalue weighted by molar-refractivity contribution is 5.27. The molecule has 0 amide bonds. The molecule has 2 heteroatoms. The molecule has 0 aliphatic rings. The maximum absolute atomic E-state index is 8.65. The van der Waals surface area contributed by atoms with E-state index in [2.05, 4.69) is 50.4 Å². The molecule has 0 aromatic heterocycles. The Morgan fingerprint density at radius 1 is 1.06 bits per heavy atom. The van der Waals surface area contributed by atoms with Crippen LogP contribution in [0.2, 0.25) is 0 Å². The van der Waals surface area contributed by atoms with Crippen LogP contribution in [0.15, 0.2) is 24.3 Å². The molecule has 96 valence electrons. The van der Waals surface area contributed by atoms with Gasteiger partial charge in [0.05, 0.1) is 0 Å². The van der Waals surface area contributed by atoms with Gasteiger partial charge in [0.15, 0.2) is 0 Å². The molecule has 0 aliphatic carbocycles. The lowest BCUT2D eigenvalue weighted by Crippen LogP contribution is -2.19. The third-order valence-corrected chi connectivity index (χ3v) is 2.92. The highest BCUT2D eigenvalue weighted by Crippen LogP contribution is 2.22. The van der Waals surface area contributed by atoms with Crippen molar-refractivity contribution in [2.75, 3.05) is 19.7 Å². The van der Waals surface area contributed by atoms with E-state index in [0.29, 0.717) is 0 Å². The number of benzene rings is 1. The zero-order valence-corrected chi connectivity index (χ0v) is 11.3. The Balaban J connectivity index is 2.36. The van der Waals surface area contributed by atoms with Crippen LogP contribution >= 0.6 is 0 Å². The van der Waals surface area contributed by atoms with Gasteiger partial charge in [-0.3, -0.25) is 0 Å². The molecule has 0 unspecified atom stereocenters. The van der Waals surface area contributed by atoms with Gasteiger partial charge in [0.25, 0.3) is 0 Å². The van der Waals surface area contributed by atoms with Crippen molar-refractivity contribution in [3.05, 3.63) is 35.4 Å². The molecular weight excluding hydrogens is 210 g/mol. The van der Waals surface area contributed by atoms with Gasteiger partial charge in [-0.2, -0.15) is 0 Å². The van der Waals surface area contributed by atoms with E-state index in [-0.39, 0.29) is 12.0 Å². The van der Waals surface area contributed by atoms with Crippen LogP contribution in [-0.2, 0) is 11.8 Å². The molecular formula is C15H25NO. The summed E-state index contributed by atoms with van der Waals surface area (Å²) < 4.78 is 0. The van der Waals surface area contributed by atoms with Crippen molar-refractivity contribution in [3.63, 3.8) is 0 Å². The molecule has 1 rings (SSSR count). The van der Waals surface area contributed by atoms with Crippen LogP contribution in [0, 0.1) is 0 Å². The number of rotatable bonds is 6. The maximum atomic E-state index is 8.65. The maximum Gasteiger partial charge on any atom is 0.0443 e. The first kappa shape index (κ1) is 14.2. The van der Waals surface area contributed by atoms with Gasteiger partial charge < -0.3 is 10.4 Å². The Bertz CT molecular complexity index is 311. The lowest BCUT2D eigenvalue weighted by atomic mass is 9.86. The second kappa shape index (κ2) is 6.77. The first-order valence-electron chi connectivity index (χ1n) is 6.45. The van der Waals surface area contributed by atoms with Crippen molar-refractivity contribution in [2.45, 2.75) is 39.0 Å². The average Bonchev–Trinajstić information content (AvgIpc) is 2.28. The number of aliphatic hydroxyl groups is 1. The minimum atomic E-state index is 0.234. The summed E-state index contributed by atoms with van der Waals surface area (Å²) in [7, 11) is 0. The van der Waals surface area contributed by atoms with Crippen LogP contribution in [0.5, 0.6) is 0 Å². The number of nitrogens with one attached hydrogen (secondary N) is 1. The standard InChI is InChI=1S/C15H25NO/c1-15(2,3)14-7-5-13(6-8-14)9-11-16-10-4-12-17/h5-8,16-17H,4,9-12H2,1-3H3. The molecule has 0 radical (unpaired) electrons. The monoisotopic (exact) mass is 235 g/mol. The minimum Gasteiger partial charge on any atom is -0.396 e. The van der Waals surface area contributed by atoms with Gasteiger partial charge in [-0.1, -0.05) is 45.0 Å². The average molecular weight is 235 g/mol. The van der Waals surface area contributed by atoms with E-state index in [9.17, 15) is 0 Å². The third kappa shape index (κ3) is 5.33. The molecule has 0 atom stereocenters. The highest BCUT2D eigenvalue weighted by atomic mass is 16.3. The summed E-state index contributed by atoms with van der Waals surface area (Å²) in [6.45, 7) is 8.86. The summed E-state index contributed by atoms with van der Waals surface area (Å²) in [5, 5.41) is 12.0. The smallest absolute Gasteiger partial charge is 0.0443 e. The fourth-order valence-corrected chi connectivity index (χ4v) is 1.73. The molecule has 1 aromatic carbocycles. The van der Waals surface area contributed by atoms with Crippen molar-refractivity contribution >= 4 is 0 Å². The molecule has 2 N–H and O–H groups in total. The topological polar surface area (TPSA) is 32.3 Å². The summed E-state index contributed by atoms with van der Waals surface area (Å²) in [4.78, 5) is 0. The summed E-state index contributed by atoms with van der Waals surface area (Å²) in [5.74, 6) is 0. The molecule has 0 fully saturated rings. The van der Waals surface area contributed by atoms with E-state index in [1.54, 1.807) is 0 Å². The van der Waals surface area contributed by atoms with E-state index in [4.69, 9.17) is 5.11 Å². The summed E-state index contributed by atoms with van der Waals surface area (Å²) >= 11 is 0. The molecule has 2 nitrogen and oxygen atoms in total. The number of aliphatic hydroxyl groups excluding tert-OH is 1. The van der Waals surface area contributed by atoms with Gasteiger partial charge in [-0.05, 0) is 42.5 Å². The Morgan fingerprint density at radius 2 is 1.71 bits per heavy atom. The second-order valence-electron chi connectivity index (χ2n) is 5.52. The molecule has 0 saturated heterocycles. The van der Waals surface area contributed by atoms with E-state index >= 15 is 0 Å². The van der Waals surface area contributed by atoms with E-state index in [1.807, 2.05) is 0 Å². The molecule has 17 heavy (non-hydrogen) atoms. The molecule has 0 heterocycles. The Morgan fingerprint density at radius 3 is 2.24 bits per heavy atom. The Kier molecular flexibility index (Phi) is 5.66. The van der Waals surface area contributed by atoms with E-state index < -0.39 is 0 Å². The van der Waals surface area contributed by atoms with Crippen LogP contribution in [0.1, 0.15) is 38.3 Å². The van der Waals surface area contributed by atoms with Crippen molar-refractivity contribution in [1.82, 2.24) is 5.32 Å². The lowest BCUT2D eigenvalue weighted by Gasteiger charge is -2.19. The van der Waals surface area contributed by atoms with E-state index in [0.717, 1.165) is 25.9 Å². The fourth-order valence-electron chi connectivity index (χ4n) is 1.73. The SMILES string of the molecule is CC(C)(C)c1ccc(CCNCCCO)cc1. The molecule has 0 spiro atoms. The largest absolute Gasteiger partial charge is 0.396 e. The number of hydrogen-bond donors (Lipinski definition) is 2. The first-order valence-corrected chi connectivity index (χ1v) is 6.45. The molecule has 1 aromatic rings.